The summed E-state index contributed by atoms with van der Waals surface area (Å²) < 4.78 is 76.8. The Hall–Kier alpha value is -2.82. The number of rotatable bonds is 5. The summed E-state index contributed by atoms with van der Waals surface area (Å²) >= 11 is 5.66. The van der Waals surface area contributed by atoms with Crippen molar-refractivity contribution >= 4 is 28.4 Å². The van der Waals surface area contributed by atoms with Crippen molar-refractivity contribution in [1.82, 2.24) is 20.1 Å². The first-order valence-electron chi connectivity index (χ1n) is 8.86. The third kappa shape index (κ3) is 5.66. The minimum atomic E-state index is -4.59. The van der Waals surface area contributed by atoms with Gasteiger partial charge in [-0.25, -0.2) is 0 Å². The highest BCUT2D eigenvalue weighted by Crippen LogP contribution is 2.35. The van der Waals surface area contributed by atoms with Crippen LogP contribution in [0.1, 0.15) is 29.8 Å². The number of carbonyl (C=O) groups is 1. The second kappa shape index (κ2) is 8.37. The first-order valence-corrected chi connectivity index (χ1v) is 9.24. The van der Waals surface area contributed by atoms with E-state index in [0.717, 1.165) is 22.9 Å². The SMILES string of the molecule is C[C@@H](NC(=O)Cc1ccc(C(F)(F)F)c(Cl)c1)c1cc2cnn(CC(F)(F)F)c2cn1. The second-order valence-corrected chi connectivity index (χ2v) is 7.27. The van der Waals surface area contributed by atoms with E-state index in [2.05, 4.69) is 15.4 Å². The standard InChI is InChI=1S/C19H15ClF6N4O/c1-10(15-6-12-7-28-30(9-18(21,22)23)16(12)8-27-15)29-17(31)5-11-2-3-13(14(20)4-11)19(24,25)26/h2-4,6-8,10H,5,9H2,1H3,(H,29,31)/t10-/m1/s1. The molecule has 0 unspecified atom stereocenters. The molecule has 0 aliphatic rings. The molecule has 0 spiro atoms. The van der Waals surface area contributed by atoms with Crippen molar-refractivity contribution in [1.29, 1.82) is 0 Å². The van der Waals surface area contributed by atoms with Crippen molar-refractivity contribution in [2.75, 3.05) is 0 Å². The Bertz CT molecular complexity index is 1110. The molecule has 3 rings (SSSR count). The summed E-state index contributed by atoms with van der Waals surface area (Å²) in [5, 5.41) is 6.27. The zero-order valence-corrected chi connectivity index (χ0v) is 16.6. The number of fused-ring (bicyclic) bond motifs is 1. The smallest absolute Gasteiger partial charge is 0.348 e. The molecule has 0 fully saturated rings. The Labute approximate surface area is 177 Å². The van der Waals surface area contributed by atoms with Gasteiger partial charge in [-0.15, -0.1) is 0 Å². The van der Waals surface area contributed by atoms with Crippen LogP contribution in [0.15, 0.2) is 36.7 Å². The van der Waals surface area contributed by atoms with Crippen molar-refractivity contribution in [3.63, 3.8) is 0 Å². The minimum absolute atomic E-state index is 0.194. The third-order valence-corrected chi connectivity index (χ3v) is 4.72. The van der Waals surface area contributed by atoms with Gasteiger partial charge in [0.15, 0.2) is 0 Å². The molecular formula is C19H15ClF6N4O. The lowest BCUT2D eigenvalue weighted by Gasteiger charge is -2.15. The molecule has 166 valence electrons. The number of hydrogen-bond acceptors (Lipinski definition) is 3. The van der Waals surface area contributed by atoms with Crippen LogP contribution in [0.2, 0.25) is 5.02 Å². The maximum Gasteiger partial charge on any atom is 0.417 e. The van der Waals surface area contributed by atoms with Gasteiger partial charge < -0.3 is 5.32 Å². The molecule has 1 atom stereocenters. The molecule has 1 amide bonds. The number of pyridine rings is 1. The van der Waals surface area contributed by atoms with Gasteiger partial charge in [0, 0.05) is 5.39 Å². The lowest BCUT2D eigenvalue weighted by Crippen LogP contribution is -2.28. The van der Waals surface area contributed by atoms with Crippen LogP contribution in [-0.4, -0.2) is 26.8 Å². The summed E-state index contributed by atoms with van der Waals surface area (Å²) in [6.45, 7) is 0.367. The molecule has 0 saturated heterocycles. The number of alkyl halides is 6. The lowest BCUT2D eigenvalue weighted by molar-refractivity contribution is -0.142. The Kier molecular flexibility index (Phi) is 6.17. The Morgan fingerprint density at radius 3 is 2.48 bits per heavy atom. The maximum absolute atomic E-state index is 12.8. The summed E-state index contributed by atoms with van der Waals surface area (Å²) in [6.07, 6.45) is -6.73. The molecule has 0 radical (unpaired) electrons. The zero-order valence-electron chi connectivity index (χ0n) is 15.9. The summed E-state index contributed by atoms with van der Waals surface area (Å²) in [5.41, 5.74) is -0.119. The molecule has 31 heavy (non-hydrogen) atoms. The first-order chi connectivity index (χ1) is 14.3. The van der Waals surface area contributed by atoms with E-state index in [-0.39, 0.29) is 11.9 Å². The van der Waals surface area contributed by atoms with Crippen LogP contribution in [0.5, 0.6) is 0 Å². The highest BCUT2D eigenvalue weighted by molar-refractivity contribution is 6.31. The fourth-order valence-corrected chi connectivity index (χ4v) is 3.29. The van der Waals surface area contributed by atoms with E-state index in [1.54, 1.807) is 6.92 Å². The van der Waals surface area contributed by atoms with Gasteiger partial charge in [0.2, 0.25) is 5.91 Å². The van der Waals surface area contributed by atoms with Crippen LogP contribution >= 0.6 is 11.6 Å². The van der Waals surface area contributed by atoms with Crippen molar-refractivity contribution in [2.45, 2.75) is 38.3 Å². The van der Waals surface area contributed by atoms with Crippen molar-refractivity contribution in [3.05, 3.63) is 58.5 Å². The van der Waals surface area contributed by atoms with Gasteiger partial charge in [-0.1, -0.05) is 17.7 Å². The number of aromatic nitrogens is 3. The molecule has 3 aromatic rings. The number of nitrogens with zero attached hydrogens (tertiary/aromatic N) is 3. The number of carbonyl (C=O) groups excluding carboxylic acids is 1. The number of amides is 1. The van der Waals surface area contributed by atoms with Crippen LogP contribution in [-0.2, 0) is 23.9 Å². The summed E-state index contributed by atoms with van der Waals surface area (Å²) in [5.74, 6) is -0.488. The second-order valence-electron chi connectivity index (χ2n) is 6.86. The Morgan fingerprint density at radius 2 is 1.87 bits per heavy atom. The fraction of sp³-hybridized carbons (Fsp3) is 0.316. The van der Waals surface area contributed by atoms with Crippen LogP contribution in [0, 0.1) is 0 Å². The summed E-state index contributed by atoms with van der Waals surface area (Å²) in [4.78, 5) is 16.4. The Morgan fingerprint density at radius 1 is 1.16 bits per heavy atom. The minimum Gasteiger partial charge on any atom is -0.348 e. The molecule has 0 aliphatic carbocycles. The summed E-state index contributed by atoms with van der Waals surface area (Å²) in [7, 11) is 0. The van der Waals surface area contributed by atoms with Crippen molar-refractivity contribution < 1.29 is 31.1 Å². The fourth-order valence-electron chi connectivity index (χ4n) is 2.98. The zero-order chi connectivity index (χ0) is 23.0. The van der Waals surface area contributed by atoms with Crippen LogP contribution < -0.4 is 5.32 Å². The predicted molar refractivity (Wildman–Crippen MR) is 100 cm³/mol. The molecule has 5 nitrogen and oxygen atoms in total. The van der Waals surface area contributed by atoms with Crippen LogP contribution in [0.4, 0.5) is 26.3 Å². The molecular weight excluding hydrogens is 450 g/mol. The van der Waals surface area contributed by atoms with Crippen LogP contribution in [0.3, 0.4) is 0 Å². The van der Waals surface area contributed by atoms with E-state index in [1.165, 1.54) is 18.5 Å². The molecule has 2 heterocycles. The average molecular weight is 465 g/mol. The van der Waals surface area contributed by atoms with Gasteiger partial charge >= 0.3 is 12.4 Å². The van der Waals surface area contributed by atoms with Crippen molar-refractivity contribution in [3.8, 4) is 0 Å². The van der Waals surface area contributed by atoms with Crippen LogP contribution in [0.25, 0.3) is 10.9 Å². The average Bonchev–Trinajstić information content (AvgIpc) is 3.01. The molecule has 12 heteroatoms. The van der Waals surface area contributed by atoms with Gasteiger partial charge in [0.25, 0.3) is 0 Å². The van der Waals surface area contributed by atoms with Gasteiger partial charge in [-0.3, -0.25) is 14.5 Å². The highest BCUT2D eigenvalue weighted by atomic mass is 35.5. The number of halogens is 7. The highest BCUT2D eigenvalue weighted by Gasteiger charge is 2.33. The topological polar surface area (TPSA) is 59.8 Å². The van der Waals surface area contributed by atoms with Gasteiger partial charge in [0.1, 0.15) is 6.54 Å². The van der Waals surface area contributed by atoms with E-state index in [9.17, 15) is 31.1 Å². The number of hydrogen-bond donors (Lipinski definition) is 1. The lowest BCUT2D eigenvalue weighted by atomic mass is 10.1. The number of benzene rings is 1. The van der Waals surface area contributed by atoms with E-state index in [0.29, 0.717) is 16.6 Å². The third-order valence-electron chi connectivity index (χ3n) is 4.40. The predicted octanol–water partition coefficient (Wildman–Crippen LogP) is 5.09. The monoisotopic (exact) mass is 464 g/mol. The normalized spacial score (nSPS) is 13.4. The largest absolute Gasteiger partial charge is 0.417 e. The van der Waals surface area contributed by atoms with Crippen molar-refractivity contribution in [2.24, 2.45) is 0 Å². The summed E-state index contributed by atoms with van der Waals surface area (Å²) in [6, 6.07) is 3.96. The van der Waals surface area contributed by atoms with Gasteiger partial charge in [-0.05, 0) is 30.7 Å². The molecule has 1 N–H and O–H groups in total. The number of nitrogens with one attached hydrogen (secondary N) is 1. The quantitative estimate of drug-likeness (QED) is 0.535. The van der Waals surface area contributed by atoms with Gasteiger partial charge in [0.05, 0.1) is 46.7 Å². The molecule has 0 bridgehead atoms. The van der Waals surface area contributed by atoms with E-state index in [4.69, 9.17) is 11.6 Å². The molecule has 0 aliphatic heterocycles. The van der Waals surface area contributed by atoms with E-state index >= 15 is 0 Å². The van der Waals surface area contributed by atoms with E-state index in [1.807, 2.05) is 0 Å². The van der Waals surface area contributed by atoms with Gasteiger partial charge in [-0.2, -0.15) is 31.4 Å². The molecule has 1 aromatic carbocycles. The molecule has 2 aromatic heterocycles. The molecule has 0 saturated carbocycles. The maximum atomic E-state index is 12.8. The van der Waals surface area contributed by atoms with E-state index < -0.39 is 41.4 Å². The first kappa shape index (κ1) is 22.9. The Balaban J connectivity index is 1.68.